The molecule has 124 valence electrons. The summed E-state index contributed by atoms with van der Waals surface area (Å²) in [6.45, 7) is 1.06. The van der Waals surface area contributed by atoms with E-state index < -0.39 is 24.3 Å². The summed E-state index contributed by atoms with van der Waals surface area (Å²) < 4.78 is 12.4. The normalized spacial score (nSPS) is 25.2. The van der Waals surface area contributed by atoms with Crippen LogP contribution in [-0.2, 0) is 9.53 Å². The maximum Gasteiger partial charge on any atom is 0.245 e. The number of aromatic amines is 1. The van der Waals surface area contributed by atoms with E-state index in [1.165, 1.54) is 24.9 Å². The lowest BCUT2D eigenvalue weighted by Crippen LogP contribution is -2.34. The zero-order chi connectivity index (χ0) is 16.6. The summed E-state index contributed by atoms with van der Waals surface area (Å²) in [5.74, 6) is -0.190. The minimum atomic E-state index is -0.908. The van der Waals surface area contributed by atoms with Crippen LogP contribution in [0.1, 0.15) is 19.6 Å². The van der Waals surface area contributed by atoms with E-state index in [-0.39, 0.29) is 24.5 Å². The minimum Gasteiger partial charge on any atom is -0.480 e. The molecular formula is C13H17N5O5. The van der Waals surface area contributed by atoms with Gasteiger partial charge in [-0.25, -0.2) is 9.55 Å². The summed E-state index contributed by atoms with van der Waals surface area (Å²) in [5, 5.41) is 19.5. The molecule has 3 heterocycles. The fraction of sp³-hybridized carbons (Fsp3) is 0.538. The van der Waals surface area contributed by atoms with Crippen molar-refractivity contribution >= 4 is 17.1 Å². The summed E-state index contributed by atoms with van der Waals surface area (Å²) in [4.78, 5) is 26.4. The number of rotatable bonds is 3. The Bertz CT molecular complexity index is 798. The van der Waals surface area contributed by atoms with Gasteiger partial charge in [0, 0.05) is 13.3 Å². The van der Waals surface area contributed by atoms with E-state index in [2.05, 4.69) is 19.9 Å². The van der Waals surface area contributed by atoms with Crippen molar-refractivity contribution in [2.45, 2.75) is 31.8 Å². The second-order valence-electron chi connectivity index (χ2n) is 5.16. The lowest BCUT2D eigenvalue weighted by Gasteiger charge is -2.21. The Morgan fingerprint density at radius 1 is 1.65 bits per heavy atom. The summed E-state index contributed by atoms with van der Waals surface area (Å²) in [7, 11) is 1.44. The second-order valence-corrected chi connectivity index (χ2v) is 5.16. The molecule has 1 amide bonds. The number of fused-ring (bicyclic) bond motifs is 1. The molecule has 0 aromatic carbocycles. The quantitative estimate of drug-likeness (QED) is 0.649. The van der Waals surface area contributed by atoms with Crippen LogP contribution in [0.4, 0.5) is 0 Å². The van der Waals surface area contributed by atoms with Gasteiger partial charge in [0.25, 0.3) is 0 Å². The predicted molar refractivity (Wildman–Crippen MR) is 76.3 cm³/mol. The Morgan fingerprint density at radius 2 is 2.43 bits per heavy atom. The summed E-state index contributed by atoms with van der Waals surface area (Å²) in [6, 6.07) is 0. The molecule has 23 heavy (non-hydrogen) atoms. The second kappa shape index (κ2) is 6.07. The Balaban J connectivity index is 2.26. The van der Waals surface area contributed by atoms with Gasteiger partial charge in [0.05, 0.1) is 26.1 Å². The van der Waals surface area contributed by atoms with Crippen molar-refractivity contribution in [1.29, 1.82) is 0 Å². The van der Waals surface area contributed by atoms with Crippen LogP contribution in [0.2, 0.25) is 0 Å². The molecule has 2 aromatic heterocycles. The molecule has 0 radical (unpaired) electrons. The lowest BCUT2D eigenvalue weighted by atomic mass is 10.2. The smallest absolute Gasteiger partial charge is 0.245 e. The van der Waals surface area contributed by atoms with Gasteiger partial charge in [0.1, 0.15) is 11.6 Å². The number of aliphatic hydroxyl groups is 2. The number of methoxy groups -OCH3 is 1. The number of hydrogen-bond acceptors (Lipinski definition) is 7. The number of hydrogen-bond donors (Lipinski definition) is 3. The Labute approximate surface area is 130 Å². The third-order valence-electron chi connectivity index (χ3n) is 3.55. The zero-order valence-electron chi connectivity index (χ0n) is 12.6. The number of carbonyl (C=O) groups is 1. The van der Waals surface area contributed by atoms with Gasteiger partial charge in [-0.2, -0.15) is 9.98 Å². The highest BCUT2D eigenvalue weighted by Gasteiger charge is 2.37. The Hall–Kier alpha value is -2.30. The topological polar surface area (TPSA) is 135 Å². The first kappa shape index (κ1) is 15.6. The van der Waals surface area contributed by atoms with Crippen molar-refractivity contribution in [1.82, 2.24) is 19.5 Å². The SMILES string of the molecule is COc1c2[nH]cnc2nc(=NC(C)=O)n1[C@@H]1O[C@H](CO)C[C@H]1O. The molecule has 0 unspecified atom stereocenters. The van der Waals surface area contributed by atoms with E-state index >= 15 is 0 Å². The van der Waals surface area contributed by atoms with Gasteiger partial charge in [-0.3, -0.25) is 4.79 Å². The molecule has 1 fully saturated rings. The van der Waals surface area contributed by atoms with E-state index in [4.69, 9.17) is 9.47 Å². The maximum absolute atomic E-state index is 11.4. The molecule has 10 heteroatoms. The van der Waals surface area contributed by atoms with Crippen LogP contribution in [0.25, 0.3) is 11.2 Å². The lowest BCUT2D eigenvalue weighted by molar-refractivity contribution is -0.116. The summed E-state index contributed by atoms with van der Waals surface area (Å²) >= 11 is 0. The molecule has 1 aliphatic heterocycles. The Kier molecular flexibility index (Phi) is 4.11. The number of aromatic nitrogens is 4. The summed E-state index contributed by atoms with van der Waals surface area (Å²) in [5.41, 5.74) is 0.819. The number of H-pyrrole nitrogens is 1. The molecule has 0 aliphatic carbocycles. The van der Waals surface area contributed by atoms with Crippen LogP contribution in [0.15, 0.2) is 11.3 Å². The van der Waals surface area contributed by atoms with Crippen molar-refractivity contribution in [2.24, 2.45) is 4.99 Å². The molecule has 1 aliphatic rings. The Morgan fingerprint density at radius 3 is 3.04 bits per heavy atom. The maximum atomic E-state index is 11.4. The molecule has 3 N–H and O–H groups in total. The third kappa shape index (κ3) is 2.71. The molecule has 3 atom stereocenters. The standard InChI is InChI=1S/C13H17N5O5/c1-6(20)16-13-17-10-9(14-5-15-10)12(22-2)18(13)11-8(21)3-7(4-19)23-11/h5,7-8,11,19,21H,3-4H2,1-2H3,(H,14,15,16,17,20)/t7-,8+,11+/m0/s1. The molecule has 0 bridgehead atoms. The van der Waals surface area contributed by atoms with E-state index in [0.29, 0.717) is 11.2 Å². The van der Waals surface area contributed by atoms with Crippen molar-refractivity contribution in [3.8, 4) is 5.88 Å². The van der Waals surface area contributed by atoms with Gasteiger partial charge in [0.15, 0.2) is 11.9 Å². The minimum absolute atomic E-state index is 0.0107. The van der Waals surface area contributed by atoms with Crippen LogP contribution in [0.3, 0.4) is 0 Å². The molecule has 10 nitrogen and oxygen atoms in total. The highest BCUT2D eigenvalue weighted by molar-refractivity contribution is 5.76. The van der Waals surface area contributed by atoms with E-state index in [9.17, 15) is 15.0 Å². The number of imidazole rings is 1. The average Bonchev–Trinajstić information content (AvgIpc) is 3.11. The number of amides is 1. The van der Waals surface area contributed by atoms with Crippen LogP contribution < -0.4 is 10.4 Å². The number of aliphatic hydroxyl groups excluding tert-OH is 2. The molecule has 2 aromatic rings. The van der Waals surface area contributed by atoms with Gasteiger partial charge in [-0.1, -0.05) is 0 Å². The fourth-order valence-electron chi connectivity index (χ4n) is 2.62. The van der Waals surface area contributed by atoms with Gasteiger partial charge < -0.3 is 24.7 Å². The van der Waals surface area contributed by atoms with Gasteiger partial charge >= 0.3 is 0 Å². The predicted octanol–water partition coefficient (Wildman–Crippen LogP) is -1.14. The third-order valence-corrected chi connectivity index (χ3v) is 3.55. The van der Waals surface area contributed by atoms with Crippen molar-refractivity contribution < 1.29 is 24.5 Å². The van der Waals surface area contributed by atoms with Crippen molar-refractivity contribution in [2.75, 3.05) is 13.7 Å². The molecule has 3 rings (SSSR count). The van der Waals surface area contributed by atoms with Crippen molar-refractivity contribution in [3.63, 3.8) is 0 Å². The highest BCUT2D eigenvalue weighted by Crippen LogP contribution is 2.32. The number of ether oxygens (including phenoxy) is 2. The molecule has 1 saturated heterocycles. The number of carbonyl (C=O) groups excluding carboxylic acids is 1. The van der Waals surface area contributed by atoms with E-state index in [1.54, 1.807) is 0 Å². The van der Waals surface area contributed by atoms with Crippen LogP contribution in [0, 0.1) is 0 Å². The fourth-order valence-corrected chi connectivity index (χ4v) is 2.62. The van der Waals surface area contributed by atoms with Crippen LogP contribution in [0.5, 0.6) is 5.88 Å². The molecule has 0 spiro atoms. The van der Waals surface area contributed by atoms with Crippen LogP contribution in [-0.4, -0.2) is 61.6 Å². The monoisotopic (exact) mass is 323 g/mol. The molecular weight excluding hydrogens is 306 g/mol. The van der Waals surface area contributed by atoms with Gasteiger partial charge in [-0.05, 0) is 0 Å². The summed E-state index contributed by atoms with van der Waals surface area (Å²) in [6.07, 6.45) is -0.632. The average molecular weight is 323 g/mol. The first-order valence-corrected chi connectivity index (χ1v) is 7.04. The first-order valence-electron chi connectivity index (χ1n) is 7.04. The van der Waals surface area contributed by atoms with E-state index in [1.807, 2.05) is 0 Å². The molecule has 0 saturated carbocycles. The van der Waals surface area contributed by atoms with Crippen LogP contribution >= 0.6 is 0 Å². The van der Waals surface area contributed by atoms with Gasteiger partial charge in [0.2, 0.25) is 17.4 Å². The highest BCUT2D eigenvalue weighted by atomic mass is 16.5. The zero-order valence-corrected chi connectivity index (χ0v) is 12.6. The first-order chi connectivity index (χ1) is 11.0. The van der Waals surface area contributed by atoms with Crippen molar-refractivity contribution in [3.05, 3.63) is 11.9 Å². The number of nitrogens with one attached hydrogen (secondary N) is 1. The van der Waals surface area contributed by atoms with E-state index in [0.717, 1.165) is 0 Å². The van der Waals surface area contributed by atoms with Gasteiger partial charge in [-0.15, -0.1) is 0 Å². The largest absolute Gasteiger partial charge is 0.480 e. The number of nitrogens with zero attached hydrogens (tertiary/aromatic N) is 4.